The molecule has 1 N–H and O–H groups in total. The Bertz CT molecular complexity index is 416. The van der Waals surface area contributed by atoms with Crippen LogP contribution in [0.15, 0.2) is 30.6 Å². The van der Waals surface area contributed by atoms with E-state index in [4.69, 9.17) is 0 Å². The predicted molar refractivity (Wildman–Crippen MR) is 57.3 cm³/mol. The van der Waals surface area contributed by atoms with Crippen LogP contribution in [0, 0.1) is 13.8 Å². The minimum Gasteiger partial charge on any atom is -0.348 e. The molecule has 1 heterocycles. The highest BCUT2D eigenvalue weighted by atomic mass is 14.9. The molecule has 2 rings (SSSR count). The number of hydrogen-bond donors (Lipinski definition) is 1. The normalized spacial score (nSPS) is 10.4. The highest BCUT2D eigenvalue weighted by molar-refractivity contribution is 5.34. The second-order valence-corrected chi connectivity index (χ2v) is 3.57. The van der Waals surface area contributed by atoms with Gasteiger partial charge in [0.2, 0.25) is 0 Å². The van der Waals surface area contributed by atoms with Crippen LogP contribution >= 0.6 is 0 Å². The van der Waals surface area contributed by atoms with Gasteiger partial charge in [0.1, 0.15) is 5.82 Å². The van der Waals surface area contributed by atoms with Gasteiger partial charge in [0.05, 0.1) is 0 Å². The van der Waals surface area contributed by atoms with Gasteiger partial charge >= 0.3 is 0 Å². The van der Waals surface area contributed by atoms with Crippen molar-refractivity contribution < 1.29 is 0 Å². The van der Waals surface area contributed by atoms with Gasteiger partial charge in [-0.2, -0.15) is 0 Å². The molecule has 0 fully saturated rings. The number of nitrogens with one attached hydrogen (secondary N) is 1. The fourth-order valence-electron chi connectivity index (χ4n) is 1.58. The van der Waals surface area contributed by atoms with Crippen molar-refractivity contribution >= 4 is 0 Å². The molecule has 0 unspecified atom stereocenters. The van der Waals surface area contributed by atoms with E-state index in [0.29, 0.717) is 0 Å². The summed E-state index contributed by atoms with van der Waals surface area (Å²) < 4.78 is 0. The van der Waals surface area contributed by atoms with Gasteiger partial charge in [-0.25, -0.2) is 4.98 Å². The smallest absolute Gasteiger partial charge is 0.110 e. The third kappa shape index (κ3) is 1.69. The fourth-order valence-corrected chi connectivity index (χ4v) is 1.58. The summed E-state index contributed by atoms with van der Waals surface area (Å²) in [6.07, 6.45) is 4.54. The summed E-state index contributed by atoms with van der Waals surface area (Å²) in [5.41, 5.74) is 4.05. The number of imidazole rings is 1. The van der Waals surface area contributed by atoms with Crippen LogP contribution < -0.4 is 0 Å². The quantitative estimate of drug-likeness (QED) is 0.767. The molecule has 1 aromatic heterocycles. The molecular weight excluding hydrogens is 172 g/mol. The molecule has 2 nitrogen and oxygen atoms in total. The standard InChI is InChI=1S/C12H14N2/c1-9-4-3-5-11(10(9)2)8-12-13-6-7-14-12/h3-7H,8H2,1-2H3,(H,13,14). The first-order valence-electron chi connectivity index (χ1n) is 4.80. The average molecular weight is 186 g/mol. The van der Waals surface area contributed by atoms with Crippen LogP contribution in [0.3, 0.4) is 0 Å². The van der Waals surface area contributed by atoms with E-state index in [1.807, 2.05) is 6.20 Å². The molecule has 0 aliphatic rings. The molecule has 0 spiro atoms. The highest BCUT2D eigenvalue weighted by Gasteiger charge is 2.02. The number of nitrogens with zero attached hydrogens (tertiary/aromatic N) is 1. The average Bonchev–Trinajstić information content (AvgIpc) is 2.66. The summed E-state index contributed by atoms with van der Waals surface area (Å²) in [6.45, 7) is 4.30. The van der Waals surface area contributed by atoms with E-state index < -0.39 is 0 Å². The molecule has 72 valence electrons. The molecule has 0 saturated heterocycles. The number of hydrogen-bond acceptors (Lipinski definition) is 1. The van der Waals surface area contributed by atoms with Crippen LogP contribution in [0.5, 0.6) is 0 Å². The van der Waals surface area contributed by atoms with Gasteiger partial charge in [0, 0.05) is 18.8 Å². The van der Waals surface area contributed by atoms with Gasteiger partial charge in [-0.3, -0.25) is 0 Å². The lowest BCUT2D eigenvalue weighted by molar-refractivity contribution is 1.01. The van der Waals surface area contributed by atoms with E-state index in [-0.39, 0.29) is 0 Å². The first-order chi connectivity index (χ1) is 6.77. The topological polar surface area (TPSA) is 28.7 Å². The van der Waals surface area contributed by atoms with Crippen molar-refractivity contribution in [2.45, 2.75) is 20.3 Å². The maximum atomic E-state index is 4.23. The molecule has 0 radical (unpaired) electrons. The lowest BCUT2D eigenvalue weighted by atomic mass is 10.0. The Labute approximate surface area is 84.0 Å². The van der Waals surface area contributed by atoms with Gasteiger partial charge in [0.25, 0.3) is 0 Å². The summed E-state index contributed by atoms with van der Waals surface area (Å²) in [7, 11) is 0. The lowest BCUT2D eigenvalue weighted by Gasteiger charge is -2.06. The van der Waals surface area contributed by atoms with Crippen LogP contribution in [-0.2, 0) is 6.42 Å². The number of H-pyrrole nitrogens is 1. The molecule has 0 bridgehead atoms. The largest absolute Gasteiger partial charge is 0.348 e. The molecule has 2 heteroatoms. The van der Waals surface area contributed by atoms with Gasteiger partial charge in [0.15, 0.2) is 0 Å². The molecule has 2 aromatic rings. The first kappa shape index (κ1) is 9.00. The second kappa shape index (κ2) is 3.66. The van der Waals surface area contributed by atoms with E-state index in [1.54, 1.807) is 6.20 Å². The summed E-state index contributed by atoms with van der Waals surface area (Å²) in [4.78, 5) is 7.35. The maximum absolute atomic E-state index is 4.23. The van der Waals surface area contributed by atoms with Crippen molar-refractivity contribution in [1.82, 2.24) is 9.97 Å². The maximum Gasteiger partial charge on any atom is 0.110 e. The van der Waals surface area contributed by atoms with Crippen molar-refractivity contribution in [3.8, 4) is 0 Å². The van der Waals surface area contributed by atoms with Crippen LogP contribution in [0.4, 0.5) is 0 Å². The number of aromatic nitrogens is 2. The Balaban J connectivity index is 2.29. The number of aromatic amines is 1. The Morgan fingerprint density at radius 2 is 2.14 bits per heavy atom. The Morgan fingerprint density at radius 1 is 1.29 bits per heavy atom. The van der Waals surface area contributed by atoms with Crippen molar-refractivity contribution in [3.05, 3.63) is 53.1 Å². The van der Waals surface area contributed by atoms with E-state index in [2.05, 4.69) is 42.0 Å². The SMILES string of the molecule is Cc1cccc(Cc2ncc[nH]2)c1C. The fraction of sp³-hybridized carbons (Fsp3) is 0.250. The Morgan fingerprint density at radius 3 is 2.86 bits per heavy atom. The van der Waals surface area contributed by atoms with Crippen LogP contribution in [0.1, 0.15) is 22.5 Å². The van der Waals surface area contributed by atoms with Crippen LogP contribution in [0.25, 0.3) is 0 Å². The molecule has 0 aliphatic carbocycles. The van der Waals surface area contributed by atoms with Crippen molar-refractivity contribution in [3.63, 3.8) is 0 Å². The van der Waals surface area contributed by atoms with Gasteiger partial charge in [-0.15, -0.1) is 0 Å². The zero-order valence-electron chi connectivity index (χ0n) is 8.54. The molecule has 14 heavy (non-hydrogen) atoms. The zero-order valence-corrected chi connectivity index (χ0v) is 8.54. The van der Waals surface area contributed by atoms with E-state index in [9.17, 15) is 0 Å². The summed E-state index contributed by atoms with van der Waals surface area (Å²) >= 11 is 0. The Kier molecular flexibility index (Phi) is 2.35. The highest BCUT2D eigenvalue weighted by Crippen LogP contribution is 2.14. The summed E-state index contributed by atoms with van der Waals surface area (Å²) in [5, 5.41) is 0. The van der Waals surface area contributed by atoms with Gasteiger partial charge in [-0.05, 0) is 30.5 Å². The van der Waals surface area contributed by atoms with Crippen molar-refractivity contribution in [1.29, 1.82) is 0 Å². The van der Waals surface area contributed by atoms with E-state index in [1.165, 1.54) is 16.7 Å². The van der Waals surface area contributed by atoms with Crippen LogP contribution in [-0.4, -0.2) is 9.97 Å². The number of rotatable bonds is 2. The summed E-state index contributed by atoms with van der Waals surface area (Å²) in [6, 6.07) is 6.40. The number of aryl methyl sites for hydroxylation is 1. The predicted octanol–water partition coefficient (Wildman–Crippen LogP) is 2.62. The molecular formula is C12H14N2. The van der Waals surface area contributed by atoms with E-state index in [0.717, 1.165) is 12.2 Å². The minimum absolute atomic E-state index is 0.889. The molecule has 0 atom stereocenters. The van der Waals surface area contributed by atoms with Crippen molar-refractivity contribution in [2.75, 3.05) is 0 Å². The third-order valence-corrected chi connectivity index (χ3v) is 2.63. The van der Waals surface area contributed by atoms with Crippen LogP contribution in [0.2, 0.25) is 0 Å². The number of benzene rings is 1. The monoisotopic (exact) mass is 186 g/mol. The molecule has 1 aromatic carbocycles. The van der Waals surface area contributed by atoms with E-state index >= 15 is 0 Å². The molecule has 0 amide bonds. The van der Waals surface area contributed by atoms with Gasteiger partial charge < -0.3 is 4.98 Å². The Hall–Kier alpha value is -1.57. The molecule has 0 aliphatic heterocycles. The first-order valence-corrected chi connectivity index (χ1v) is 4.80. The summed E-state index contributed by atoms with van der Waals surface area (Å²) in [5.74, 6) is 1.03. The molecule has 0 saturated carbocycles. The third-order valence-electron chi connectivity index (χ3n) is 2.63. The lowest BCUT2D eigenvalue weighted by Crippen LogP contribution is -1.95. The zero-order chi connectivity index (χ0) is 9.97. The second-order valence-electron chi connectivity index (χ2n) is 3.57. The van der Waals surface area contributed by atoms with Crippen molar-refractivity contribution in [2.24, 2.45) is 0 Å². The minimum atomic E-state index is 0.889. The van der Waals surface area contributed by atoms with Gasteiger partial charge in [-0.1, -0.05) is 18.2 Å².